The Morgan fingerprint density at radius 3 is 2.41 bits per heavy atom. The summed E-state index contributed by atoms with van der Waals surface area (Å²) in [5.41, 5.74) is 0.407. The van der Waals surface area contributed by atoms with Gasteiger partial charge in [-0.3, -0.25) is 0 Å². The molecule has 1 N–H and O–H groups in total. The molecule has 0 saturated heterocycles. The molecular formula is C13H25NO2S. The molecule has 2 fully saturated rings. The first-order chi connectivity index (χ1) is 7.91. The number of hydrogen-bond donors (Lipinski definition) is 1. The molecule has 17 heavy (non-hydrogen) atoms. The predicted octanol–water partition coefficient (Wildman–Crippen LogP) is 2.12. The topological polar surface area (TPSA) is 46.2 Å². The molecule has 2 unspecified atom stereocenters. The van der Waals surface area contributed by atoms with Crippen LogP contribution in [0.3, 0.4) is 0 Å². The van der Waals surface area contributed by atoms with Gasteiger partial charge in [-0.1, -0.05) is 26.2 Å². The fourth-order valence-corrected chi connectivity index (χ4v) is 4.88. The minimum absolute atomic E-state index is 0.146. The van der Waals surface area contributed by atoms with Crippen LogP contribution in [-0.2, 0) is 9.84 Å². The lowest BCUT2D eigenvalue weighted by molar-refractivity contribution is 0.297. The van der Waals surface area contributed by atoms with E-state index in [1.807, 2.05) is 0 Å². The Hall–Kier alpha value is -0.0900. The van der Waals surface area contributed by atoms with E-state index in [4.69, 9.17) is 0 Å². The molecule has 0 radical (unpaired) electrons. The number of rotatable bonds is 4. The van der Waals surface area contributed by atoms with Crippen molar-refractivity contribution in [1.29, 1.82) is 0 Å². The molecule has 2 aliphatic carbocycles. The van der Waals surface area contributed by atoms with E-state index >= 15 is 0 Å². The van der Waals surface area contributed by atoms with E-state index in [0.29, 0.717) is 5.41 Å². The van der Waals surface area contributed by atoms with Gasteiger partial charge in [0.05, 0.1) is 5.25 Å². The minimum atomic E-state index is -2.88. The van der Waals surface area contributed by atoms with Gasteiger partial charge in [0, 0.05) is 18.8 Å². The molecule has 0 aromatic carbocycles. The molecule has 0 spiro atoms. The summed E-state index contributed by atoms with van der Waals surface area (Å²) in [4.78, 5) is 0. The van der Waals surface area contributed by atoms with Crippen molar-refractivity contribution >= 4 is 9.84 Å². The quantitative estimate of drug-likeness (QED) is 0.841. The van der Waals surface area contributed by atoms with E-state index in [1.54, 1.807) is 0 Å². The highest BCUT2D eigenvalue weighted by Gasteiger charge is 2.36. The third kappa shape index (κ3) is 3.22. The minimum Gasteiger partial charge on any atom is -0.312 e. The third-order valence-electron chi connectivity index (χ3n) is 4.60. The van der Waals surface area contributed by atoms with Crippen LogP contribution in [0.1, 0.15) is 51.9 Å². The highest BCUT2D eigenvalue weighted by atomic mass is 32.2. The summed E-state index contributed by atoms with van der Waals surface area (Å²) in [6, 6.07) is 0.197. The molecule has 2 aliphatic rings. The van der Waals surface area contributed by atoms with E-state index in [9.17, 15) is 8.42 Å². The Morgan fingerprint density at radius 2 is 1.82 bits per heavy atom. The number of nitrogens with one attached hydrogen (secondary N) is 1. The predicted molar refractivity (Wildman–Crippen MR) is 70.8 cm³/mol. The molecule has 0 aromatic rings. The van der Waals surface area contributed by atoms with Crippen LogP contribution in [0.25, 0.3) is 0 Å². The van der Waals surface area contributed by atoms with Crippen LogP contribution in [0, 0.1) is 5.41 Å². The molecule has 2 rings (SSSR count). The van der Waals surface area contributed by atoms with Crippen molar-refractivity contribution in [3.05, 3.63) is 0 Å². The zero-order valence-corrected chi connectivity index (χ0v) is 11.9. The first-order valence-corrected chi connectivity index (χ1v) is 8.78. The second-order valence-corrected chi connectivity index (χ2v) is 8.57. The SMILES string of the molecule is CC1(CNC2CCCC2S(C)(=O)=O)CCCC1. The number of hydrogen-bond acceptors (Lipinski definition) is 3. The van der Waals surface area contributed by atoms with Gasteiger partial charge in [0.15, 0.2) is 9.84 Å². The molecule has 2 atom stereocenters. The summed E-state index contributed by atoms with van der Waals surface area (Å²) in [6.45, 7) is 3.32. The lowest BCUT2D eigenvalue weighted by Gasteiger charge is -2.28. The lowest BCUT2D eigenvalue weighted by Crippen LogP contribution is -2.44. The summed E-state index contributed by atoms with van der Waals surface area (Å²) in [7, 11) is -2.88. The maximum atomic E-state index is 11.7. The Labute approximate surface area is 105 Å². The first-order valence-electron chi connectivity index (χ1n) is 6.83. The second kappa shape index (κ2) is 4.88. The van der Waals surface area contributed by atoms with Crippen LogP contribution in [0.15, 0.2) is 0 Å². The van der Waals surface area contributed by atoms with Crippen molar-refractivity contribution in [2.75, 3.05) is 12.8 Å². The van der Waals surface area contributed by atoms with Crippen molar-refractivity contribution in [2.45, 2.75) is 63.2 Å². The lowest BCUT2D eigenvalue weighted by atomic mass is 9.88. The van der Waals surface area contributed by atoms with Gasteiger partial charge >= 0.3 is 0 Å². The van der Waals surface area contributed by atoms with Gasteiger partial charge in [-0.2, -0.15) is 0 Å². The zero-order chi connectivity index (χ0) is 12.5. The Balaban J connectivity index is 1.90. The summed E-state index contributed by atoms with van der Waals surface area (Å²) < 4.78 is 23.4. The Bertz CT molecular complexity index is 358. The van der Waals surface area contributed by atoms with Crippen LogP contribution < -0.4 is 5.32 Å². The van der Waals surface area contributed by atoms with Gasteiger partial charge in [-0.25, -0.2) is 8.42 Å². The van der Waals surface area contributed by atoms with Gasteiger partial charge in [0.1, 0.15) is 0 Å². The average molecular weight is 259 g/mol. The average Bonchev–Trinajstić information content (AvgIpc) is 2.82. The standard InChI is InChI=1S/C13H25NO2S/c1-13(8-3-4-9-13)10-14-11-6-5-7-12(11)17(2,15)16/h11-12,14H,3-10H2,1-2H3. The molecule has 100 valence electrons. The van der Waals surface area contributed by atoms with Crippen molar-refractivity contribution in [1.82, 2.24) is 5.32 Å². The maximum absolute atomic E-state index is 11.7. The number of sulfone groups is 1. The van der Waals surface area contributed by atoms with Gasteiger partial charge in [-0.05, 0) is 31.1 Å². The summed E-state index contributed by atoms with van der Waals surface area (Å²) in [5.74, 6) is 0. The zero-order valence-electron chi connectivity index (χ0n) is 11.0. The first kappa shape index (κ1) is 13.3. The summed E-state index contributed by atoms with van der Waals surface area (Å²) in [5, 5.41) is 3.40. The van der Waals surface area contributed by atoms with Gasteiger partial charge in [0.25, 0.3) is 0 Å². The van der Waals surface area contributed by atoms with Crippen molar-refractivity contribution in [3.8, 4) is 0 Å². The smallest absolute Gasteiger partial charge is 0.151 e. The summed E-state index contributed by atoms with van der Waals surface area (Å²) >= 11 is 0. The highest BCUT2D eigenvalue weighted by molar-refractivity contribution is 7.91. The third-order valence-corrected chi connectivity index (χ3v) is 6.27. The van der Waals surface area contributed by atoms with E-state index < -0.39 is 9.84 Å². The molecule has 0 aliphatic heterocycles. The van der Waals surface area contributed by atoms with Crippen molar-refractivity contribution < 1.29 is 8.42 Å². The molecular weight excluding hydrogens is 234 g/mol. The van der Waals surface area contributed by atoms with Gasteiger partial charge in [0.2, 0.25) is 0 Å². The van der Waals surface area contributed by atoms with Gasteiger partial charge in [-0.15, -0.1) is 0 Å². The molecule has 3 nitrogen and oxygen atoms in total. The van der Waals surface area contributed by atoms with E-state index in [-0.39, 0.29) is 11.3 Å². The molecule has 0 aromatic heterocycles. The van der Waals surface area contributed by atoms with Gasteiger partial charge < -0.3 is 5.32 Å². The molecule has 0 heterocycles. The highest BCUT2D eigenvalue weighted by Crippen LogP contribution is 2.37. The van der Waals surface area contributed by atoms with Crippen LogP contribution in [0.2, 0.25) is 0 Å². The Morgan fingerprint density at radius 1 is 1.18 bits per heavy atom. The fourth-order valence-electron chi connectivity index (χ4n) is 3.45. The van der Waals surface area contributed by atoms with Crippen molar-refractivity contribution in [3.63, 3.8) is 0 Å². The van der Waals surface area contributed by atoms with Crippen LogP contribution in [0.4, 0.5) is 0 Å². The van der Waals surface area contributed by atoms with Crippen molar-refractivity contribution in [2.24, 2.45) is 5.41 Å². The van der Waals surface area contributed by atoms with Crippen LogP contribution in [-0.4, -0.2) is 32.5 Å². The van der Waals surface area contributed by atoms with Crippen LogP contribution in [0.5, 0.6) is 0 Å². The molecule has 0 bridgehead atoms. The van der Waals surface area contributed by atoms with E-state index in [0.717, 1.165) is 25.8 Å². The maximum Gasteiger partial charge on any atom is 0.151 e. The van der Waals surface area contributed by atoms with Crippen LogP contribution >= 0.6 is 0 Å². The molecule has 4 heteroatoms. The van der Waals surface area contributed by atoms with E-state index in [1.165, 1.54) is 31.9 Å². The monoisotopic (exact) mass is 259 g/mol. The second-order valence-electron chi connectivity index (χ2n) is 6.30. The normalized spacial score (nSPS) is 33.1. The fraction of sp³-hybridized carbons (Fsp3) is 1.00. The molecule has 0 amide bonds. The largest absolute Gasteiger partial charge is 0.312 e. The summed E-state index contributed by atoms with van der Waals surface area (Å²) in [6.07, 6.45) is 9.53. The molecule has 2 saturated carbocycles. The van der Waals surface area contributed by atoms with E-state index in [2.05, 4.69) is 12.2 Å². The Kier molecular flexibility index (Phi) is 3.83.